The molecule has 0 aliphatic carbocycles. The Morgan fingerprint density at radius 2 is 2.21 bits per heavy atom. The highest BCUT2D eigenvalue weighted by molar-refractivity contribution is 5.32. The number of nitrogens with one attached hydrogen (secondary N) is 1. The first-order valence-electron chi connectivity index (χ1n) is 5.28. The Balaban J connectivity index is 2.54. The second kappa shape index (κ2) is 5.58. The molecular weight excluding hydrogens is 174 g/mol. The molecule has 0 saturated heterocycles. The smallest absolute Gasteiger partial charge is 0.130 e. The largest absolute Gasteiger partial charge is 0.370 e. The van der Waals surface area contributed by atoms with Crippen LogP contribution in [0.15, 0.2) is 12.3 Å². The van der Waals surface area contributed by atoms with Crippen molar-refractivity contribution in [3.05, 3.63) is 18.1 Å². The zero-order valence-electron chi connectivity index (χ0n) is 9.25. The predicted molar refractivity (Wildman–Crippen MR) is 59.4 cm³/mol. The maximum atomic E-state index is 4.41. The number of hydrogen-bond acceptors (Lipinski definition) is 3. The molecular formula is C11H19N3. The molecule has 0 radical (unpaired) electrons. The third-order valence-corrected chi connectivity index (χ3v) is 2.01. The van der Waals surface area contributed by atoms with E-state index in [1.165, 1.54) is 0 Å². The molecule has 1 aromatic rings. The maximum absolute atomic E-state index is 4.41. The van der Waals surface area contributed by atoms with E-state index in [0.717, 1.165) is 31.0 Å². The van der Waals surface area contributed by atoms with Crippen LogP contribution in [0.3, 0.4) is 0 Å². The van der Waals surface area contributed by atoms with E-state index in [-0.39, 0.29) is 0 Å². The van der Waals surface area contributed by atoms with E-state index in [2.05, 4.69) is 36.1 Å². The zero-order valence-corrected chi connectivity index (χ0v) is 9.25. The number of rotatable bonds is 5. The molecule has 78 valence electrons. The van der Waals surface area contributed by atoms with Gasteiger partial charge in [0.1, 0.15) is 11.6 Å². The number of hydrogen-bond donors (Lipinski definition) is 1. The highest BCUT2D eigenvalue weighted by Crippen LogP contribution is 2.07. The van der Waals surface area contributed by atoms with Crippen LogP contribution < -0.4 is 5.32 Å². The molecule has 0 fully saturated rings. The van der Waals surface area contributed by atoms with Crippen LogP contribution in [0.4, 0.5) is 5.82 Å². The first kappa shape index (κ1) is 11.0. The van der Waals surface area contributed by atoms with Gasteiger partial charge in [-0.05, 0) is 25.3 Å². The van der Waals surface area contributed by atoms with Crippen LogP contribution >= 0.6 is 0 Å². The van der Waals surface area contributed by atoms with Crippen LogP contribution in [0.5, 0.6) is 0 Å². The van der Waals surface area contributed by atoms with Crippen molar-refractivity contribution in [2.75, 3.05) is 11.9 Å². The summed E-state index contributed by atoms with van der Waals surface area (Å²) >= 11 is 0. The minimum absolute atomic E-state index is 0.710. The van der Waals surface area contributed by atoms with E-state index in [1.54, 1.807) is 0 Å². The van der Waals surface area contributed by atoms with Gasteiger partial charge in [-0.25, -0.2) is 9.97 Å². The molecule has 0 amide bonds. The fourth-order valence-electron chi connectivity index (χ4n) is 1.22. The Bertz CT molecular complexity index is 271. The van der Waals surface area contributed by atoms with Crippen molar-refractivity contribution in [3.8, 4) is 0 Å². The summed E-state index contributed by atoms with van der Waals surface area (Å²) in [7, 11) is 0. The minimum atomic E-state index is 0.710. The number of anilines is 1. The Morgan fingerprint density at radius 1 is 1.43 bits per heavy atom. The van der Waals surface area contributed by atoms with Crippen molar-refractivity contribution >= 4 is 5.82 Å². The molecule has 0 spiro atoms. The van der Waals surface area contributed by atoms with Gasteiger partial charge >= 0.3 is 0 Å². The third-order valence-electron chi connectivity index (χ3n) is 2.01. The molecule has 0 atom stereocenters. The first-order chi connectivity index (χ1) is 6.72. The summed E-state index contributed by atoms with van der Waals surface area (Å²) in [5.74, 6) is 2.58. The van der Waals surface area contributed by atoms with Gasteiger partial charge in [0, 0.05) is 19.2 Å². The van der Waals surface area contributed by atoms with Crippen molar-refractivity contribution in [3.63, 3.8) is 0 Å². The van der Waals surface area contributed by atoms with Crippen LogP contribution in [0.25, 0.3) is 0 Å². The lowest BCUT2D eigenvalue weighted by Gasteiger charge is -2.05. The van der Waals surface area contributed by atoms with Gasteiger partial charge in [-0.15, -0.1) is 0 Å². The Hall–Kier alpha value is -1.12. The van der Waals surface area contributed by atoms with Crippen molar-refractivity contribution in [1.29, 1.82) is 0 Å². The van der Waals surface area contributed by atoms with Gasteiger partial charge in [0.05, 0.1) is 0 Å². The Kier molecular flexibility index (Phi) is 4.36. The van der Waals surface area contributed by atoms with E-state index in [4.69, 9.17) is 0 Å². The molecule has 1 heterocycles. The van der Waals surface area contributed by atoms with Crippen molar-refractivity contribution < 1.29 is 0 Å². The summed E-state index contributed by atoms with van der Waals surface area (Å²) in [6, 6.07) is 1.91. The van der Waals surface area contributed by atoms with Crippen LogP contribution in [0.2, 0.25) is 0 Å². The molecule has 0 bridgehead atoms. The van der Waals surface area contributed by atoms with Gasteiger partial charge < -0.3 is 5.32 Å². The monoisotopic (exact) mass is 193 g/mol. The van der Waals surface area contributed by atoms with Gasteiger partial charge in [0.15, 0.2) is 0 Å². The third kappa shape index (κ3) is 3.73. The standard InChI is InChI=1S/C11H19N3/c1-4-12-11-7-8-13-10(14-11)6-5-9(2)3/h7-9H,4-6H2,1-3H3,(H,12,13,14). The van der Waals surface area contributed by atoms with E-state index < -0.39 is 0 Å². The lowest BCUT2D eigenvalue weighted by molar-refractivity contribution is 0.575. The van der Waals surface area contributed by atoms with Gasteiger partial charge in [-0.2, -0.15) is 0 Å². The van der Waals surface area contributed by atoms with Crippen LogP contribution in [-0.4, -0.2) is 16.5 Å². The van der Waals surface area contributed by atoms with E-state index in [0.29, 0.717) is 5.92 Å². The summed E-state index contributed by atoms with van der Waals surface area (Å²) in [6.45, 7) is 7.40. The minimum Gasteiger partial charge on any atom is -0.370 e. The fraction of sp³-hybridized carbons (Fsp3) is 0.636. The molecule has 1 aromatic heterocycles. The van der Waals surface area contributed by atoms with E-state index in [1.807, 2.05) is 12.3 Å². The number of aromatic nitrogens is 2. The summed E-state index contributed by atoms with van der Waals surface area (Å²) < 4.78 is 0. The van der Waals surface area contributed by atoms with Crippen LogP contribution in [-0.2, 0) is 6.42 Å². The predicted octanol–water partition coefficient (Wildman–Crippen LogP) is 2.50. The lowest BCUT2D eigenvalue weighted by Crippen LogP contribution is -2.03. The quantitative estimate of drug-likeness (QED) is 0.780. The normalized spacial score (nSPS) is 10.6. The summed E-state index contributed by atoms with van der Waals surface area (Å²) in [5.41, 5.74) is 0. The van der Waals surface area contributed by atoms with Gasteiger partial charge in [-0.1, -0.05) is 13.8 Å². The van der Waals surface area contributed by atoms with Gasteiger partial charge in [-0.3, -0.25) is 0 Å². The van der Waals surface area contributed by atoms with Crippen molar-refractivity contribution in [2.45, 2.75) is 33.6 Å². The van der Waals surface area contributed by atoms with Crippen LogP contribution in [0, 0.1) is 5.92 Å². The molecule has 1 rings (SSSR count). The second-order valence-electron chi connectivity index (χ2n) is 3.82. The highest BCUT2D eigenvalue weighted by Gasteiger charge is 2.00. The average Bonchev–Trinajstić information content (AvgIpc) is 2.16. The first-order valence-corrected chi connectivity index (χ1v) is 5.28. The Morgan fingerprint density at radius 3 is 2.86 bits per heavy atom. The zero-order chi connectivity index (χ0) is 10.4. The molecule has 3 heteroatoms. The van der Waals surface area contributed by atoms with Gasteiger partial charge in [0.2, 0.25) is 0 Å². The molecule has 14 heavy (non-hydrogen) atoms. The molecule has 0 aliphatic heterocycles. The van der Waals surface area contributed by atoms with Gasteiger partial charge in [0.25, 0.3) is 0 Å². The molecule has 0 unspecified atom stereocenters. The number of aryl methyl sites for hydroxylation is 1. The van der Waals surface area contributed by atoms with Crippen LogP contribution in [0.1, 0.15) is 33.0 Å². The topological polar surface area (TPSA) is 37.8 Å². The number of nitrogens with zero attached hydrogens (tertiary/aromatic N) is 2. The Labute approximate surface area is 86.0 Å². The van der Waals surface area contributed by atoms with E-state index >= 15 is 0 Å². The molecule has 0 saturated carbocycles. The maximum Gasteiger partial charge on any atom is 0.130 e. The fourth-order valence-corrected chi connectivity index (χ4v) is 1.22. The molecule has 0 aromatic carbocycles. The summed E-state index contributed by atoms with van der Waals surface area (Å²) in [5, 5.41) is 3.18. The summed E-state index contributed by atoms with van der Waals surface area (Å²) in [4.78, 5) is 8.65. The lowest BCUT2D eigenvalue weighted by atomic mass is 10.1. The van der Waals surface area contributed by atoms with E-state index in [9.17, 15) is 0 Å². The second-order valence-corrected chi connectivity index (χ2v) is 3.82. The molecule has 0 aliphatic rings. The summed E-state index contributed by atoms with van der Waals surface area (Å²) in [6.07, 6.45) is 3.94. The SMILES string of the molecule is CCNc1ccnc(CCC(C)C)n1. The average molecular weight is 193 g/mol. The molecule has 3 nitrogen and oxygen atoms in total. The molecule has 1 N–H and O–H groups in total. The van der Waals surface area contributed by atoms with Crippen molar-refractivity contribution in [1.82, 2.24) is 9.97 Å². The van der Waals surface area contributed by atoms with Crippen molar-refractivity contribution in [2.24, 2.45) is 5.92 Å². The highest BCUT2D eigenvalue weighted by atomic mass is 15.0.